The molecule has 0 spiro atoms. The van der Waals surface area contributed by atoms with Crippen molar-refractivity contribution in [3.8, 4) is 0 Å². The molecule has 98 valence electrons. The van der Waals surface area contributed by atoms with Gasteiger partial charge in [0.2, 0.25) is 0 Å². The van der Waals surface area contributed by atoms with E-state index in [1.165, 1.54) is 12.1 Å². The molecule has 3 N–H and O–H groups in total. The number of carbonyl (C=O) groups is 1. The number of amides is 1. The van der Waals surface area contributed by atoms with Crippen LogP contribution < -0.4 is 11.1 Å². The van der Waals surface area contributed by atoms with Crippen LogP contribution in [0.25, 0.3) is 0 Å². The van der Waals surface area contributed by atoms with Crippen molar-refractivity contribution in [2.45, 2.75) is 37.8 Å². The van der Waals surface area contributed by atoms with Crippen LogP contribution in [0.2, 0.25) is 0 Å². The molecule has 3 nitrogen and oxygen atoms in total. The minimum Gasteiger partial charge on any atom is -0.348 e. The van der Waals surface area contributed by atoms with Crippen LogP contribution in [-0.2, 0) is 0 Å². The van der Waals surface area contributed by atoms with Gasteiger partial charge in [-0.2, -0.15) is 0 Å². The molecule has 1 aliphatic rings. The maximum Gasteiger partial charge on any atom is 0.254 e. The summed E-state index contributed by atoms with van der Waals surface area (Å²) in [7, 11) is 0. The molecule has 0 heterocycles. The molecule has 1 fully saturated rings. The highest BCUT2D eigenvalue weighted by molar-refractivity contribution is 9.10. The van der Waals surface area contributed by atoms with Gasteiger partial charge in [0.05, 0.1) is 5.56 Å². The van der Waals surface area contributed by atoms with E-state index < -0.39 is 11.7 Å². The summed E-state index contributed by atoms with van der Waals surface area (Å²) >= 11 is 3.23. The molecule has 2 unspecified atom stereocenters. The van der Waals surface area contributed by atoms with Crippen molar-refractivity contribution >= 4 is 21.8 Å². The van der Waals surface area contributed by atoms with Crippen LogP contribution in [0.3, 0.4) is 0 Å². The summed E-state index contributed by atoms with van der Waals surface area (Å²) in [5.41, 5.74) is 6.01. The molecule has 1 amide bonds. The summed E-state index contributed by atoms with van der Waals surface area (Å²) < 4.78 is 14.2. The van der Waals surface area contributed by atoms with Crippen LogP contribution in [0.15, 0.2) is 22.7 Å². The van der Waals surface area contributed by atoms with E-state index in [-0.39, 0.29) is 17.6 Å². The SMILES string of the molecule is NC1CCCCC1NC(=O)c1cc(Br)ccc1F. The Balaban J connectivity index is 2.09. The zero-order valence-corrected chi connectivity index (χ0v) is 11.5. The first-order valence-electron chi connectivity index (χ1n) is 6.09. The van der Waals surface area contributed by atoms with Crippen LogP contribution in [-0.4, -0.2) is 18.0 Å². The predicted molar refractivity (Wildman–Crippen MR) is 71.8 cm³/mol. The fourth-order valence-corrected chi connectivity index (χ4v) is 2.62. The van der Waals surface area contributed by atoms with Crippen molar-refractivity contribution in [3.05, 3.63) is 34.1 Å². The van der Waals surface area contributed by atoms with Gasteiger partial charge in [0, 0.05) is 16.6 Å². The number of nitrogens with two attached hydrogens (primary N) is 1. The fourth-order valence-electron chi connectivity index (χ4n) is 2.26. The Hall–Kier alpha value is -0.940. The Labute approximate surface area is 114 Å². The van der Waals surface area contributed by atoms with Crippen LogP contribution in [0.5, 0.6) is 0 Å². The molecule has 2 rings (SSSR count). The molecular weight excluding hydrogens is 299 g/mol. The number of halogens is 2. The van der Waals surface area contributed by atoms with E-state index in [2.05, 4.69) is 21.2 Å². The Bertz CT molecular complexity index is 453. The molecule has 0 radical (unpaired) electrons. The summed E-state index contributed by atoms with van der Waals surface area (Å²) in [5.74, 6) is -0.906. The Morgan fingerprint density at radius 3 is 2.83 bits per heavy atom. The van der Waals surface area contributed by atoms with Gasteiger partial charge in [0.15, 0.2) is 0 Å². The maximum absolute atomic E-state index is 13.6. The van der Waals surface area contributed by atoms with E-state index in [0.717, 1.165) is 25.7 Å². The lowest BCUT2D eigenvalue weighted by Crippen LogP contribution is -2.49. The van der Waals surface area contributed by atoms with Gasteiger partial charge in [-0.15, -0.1) is 0 Å². The number of rotatable bonds is 2. The van der Waals surface area contributed by atoms with Crippen molar-refractivity contribution in [2.24, 2.45) is 5.73 Å². The monoisotopic (exact) mass is 314 g/mol. The molecule has 1 aromatic carbocycles. The highest BCUT2D eigenvalue weighted by atomic mass is 79.9. The quantitative estimate of drug-likeness (QED) is 0.881. The zero-order chi connectivity index (χ0) is 13.1. The Morgan fingerprint density at radius 1 is 1.39 bits per heavy atom. The first-order chi connectivity index (χ1) is 8.58. The summed E-state index contributed by atoms with van der Waals surface area (Å²) in [6, 6.07) is 4.25. The lowest BCUT2D eigenvalue weighted by molar-refractivity contribution is 0.0917. The van der Waals surface area contributed by atoms with Crippen molar-refractivity contribution < 1.29 is 9.18 Å². The third kappa shape index (κ3) is 3.09. The predicted octanol–water partition coefficient (Wildman–Crippen LogP) is 2.59. The molecule has 2 atom stereocenters. The van der Waals surface area contributed by atoms with Crippen molar-refractivity contribution in [3.63, 3.8) is 0 Å². The first kappa shape index (κ1) is 13.5. The average molecular weight is 315 g/mol. The summed E-state index contributed by atoms with van der Waals surface area (Å²) in [4.78, 5) is 12.0. The first-order valence-corrected chi connectivity index (χ1v) is 6.88. The highest BCUT2D eigenvalue weighted by Crippen LogP contribution is 2.19. The lowest BCUT2D eigenvalue weighted by atomic mass is 9.91. The third-order valence-corrected chi connectivity index (χ3v) is 3.80. The van der Waals surface area contributed by atoms with E-state index in [1.807, 2.05) is 0 Å². The van der Waals surface area contributed by atoms with Gasteiger partial charge in [-0.05, 0) is 31.0 Å². The van der Waals surface area contributed by atoms with Crippen LogP contribution in [0, 0.1) is 5.82 Å². The van der Waals surface area contributed by atoms with Crippen molar-refractivity contribution in [1.29, 1.82) is 0 Å². The fraction of sp³-hybridized carbons (Fsp3) is 0.462. The van der Waals surface area contributed by atoms with Crippen LogP contribution >= 0.6 is 15.9 Å². The molecule has 0 aliphatic heterocycles. The van der Waals surface area contributed by atoms with Crippen LogP contribution in [0.1, 0.15) is 36.0 Å². The lowest BCUT2D eigenvalue weighted by Gasteiger charge is -2.29. The highest BCUT2D eigenvalue weighted by Gasteiger charge is 2.24. The van der Waals surface area contributed by atoms with Gasteiger partial charge in [-0.25, -0.2) is 4.39 Å². The average Bonchev–Trinajstić information content (AvgIpc) is 2.35. The second kappa shape index (κ2) is 5.80. The Morgan fingerprint density at radius 2 is 2.11 bits per heavy atom. The van der Waals surface area contributed by atoms with Gasteiger partial charge < -0.3 is 11.1 Å². The maximum atomic E-state index is 13.6. The minimum atomic E-state index is -0.514. The van der Waals surface area contributed by atoms with E-state index in [0.29, 0.717) is 4.47 Å². The van der Waals surface area contributed by atoms with Crippen molar-refractivity contribution in [1.82, 2.24) is 5.32 Å². The molecule has 5 heteroatoms. The summed E-state index contributed by atoms with van der Waals surface area (Å²) in [6.45, 7) is 0. The minimum absolute atomic E-state index is 0.0297. The van der Waals surface area contributed by atoms with Crippen molar-refractivity contribution in [2.75, 3.05) is 0 Å². The van der Waals surface area contributed by atoms with E-state index in [4.69, 9.17) is 5.73 Å². The Kier molecular flexibility index (Phi) is 4.35. The van der Waals surface area contributed by atoms with Gasteiger partial charge in [0.25, 0.3) is 5.91 Å². The summed E-state index contributed by atoms with van der Waals surface area (Å²) in [5, 5.41) is 2.83. The normalized spacial score (nSPS) is 23.7. The van der Waals surface area contributed by atoms with Gasteiger partial charge in [0.1, 0.15) is 5.82 Å². The number of carbonyl (C=O) groups excluding carboxylic acids is 1. The smallest absolute Gasteiger partial charge is 0.254 e. The van der Waals surface area contributed by atoms with Gasteiger partial charge in [-0.1, -0.05) is 28.8 Å². The van der Waals surface area contributed by atoms with Gasteiger partial charge >= 0.3 is 0 Å². The molecule has 0 saturated heterocycles. The standard InChI is InChI=1S/C13H16BrFN2O/c14-8-5-6-10(15)9(7-8)13(18)17-12-4-2-1-3-11(12)16/h5-7,11-12H,1-4,16H2,(H,17,18). The van der Waals surface area contributed by atoms with E-state index in [1.54, 1.807) is 6.07 Å². The third-order valence-electron chi connectivity index (χ3n) is 3.31. The van der Waals surface area contributed by atoms with E-state index >= 15 is 0 Å². The van der Waals surface area contributed by atoms with Crippen LogP contribution in [0.4, 0.5) is 4.39 Å². The molecule has 1 aliphatic carbocycles. The number of hydrogen-bond donors (Lipinski definition) is 2. The molecule has 1 aromatic rings. The number of hydrogen-bond acceptors (Lipinski definition) is 2. The molecule has 18 heavy (non-hydrogen) atoms. The summed E-state index contributed by atoms with van der Waals surface area (Å²) in [6.07, 6.45) is 3.92. The largest absolute Gasteiger partial charge is 0.348 e. The number of nitrogens with one attached hydrogen (secondary N) is 1. The molecule has 1 saturated carbocycles. The second-order valence-corrected chi connectivity index (χ2v) is 5.57. The molecule has 0 bridgehead atoms. The molecular formula is C13H16BrFN2O. The zero-order valence-electron chi connectivity index (χ0n) is 9.96. The topological polar surface area (TPSA) is 55.1 Å². The second-order valence-electron chi connectivity index (χ2n) is 4.65. The number of benzene rings is 1. The van der Waals surface area contributed by atoms with E-state index in [9.17, 15) is 9.18 Å². The molecule has 0 aromatic heterocycles. The van der Waals surface area contributed by atoms with Gasteiger partial charge in [-0.3, -0.25) is 4.79 Å².